The van der Waals surface area contributed by atoms with E-state index in [1.807, 2.05) is 0 Å². The highest BCUT2D eigenvalue weighted by Gasteiger charge is 2.40. The number of hydrogen-bond acceptors (Lipinski definition) is 3. The van der Waals surface area contributed by atoms with Gasteiger partial charge in [0.1, 0.15) is 0 Å². The maximum Gasteiger partial charge on any atom is 0.351 e. The lowest BCUT2D eigenvalue weighted by Gasteiger charge is -2.18. The van der Waals surface area contributed by atoms with Gasteiger partial charge in [0.25, 0.3) is 0 Å². The van der Waals surface area contributed by atoms with Gasteiger partial charge in [-0.3, -0.25) is 14.4 Å². The minimum absolute atomic E-state index is 0. The molecule has 1 fully saturated rings. The molecule has 0 spiro atoms. The molecule has 0 aromatic carbocycles. The molecule has 15 heavy (non-hydrogen) atoms. The van der Waals surface area contributed by atoms with Crippen LogP contribution in [0.2, 0.25) is 0 Å². The minimum atomic E-state index is 0. The third-order valence-corrected chi connectivity index (χ3v) is 3.25. The van der Waals surface area contributed by atoms with E-state index in [9.17, 15) is 0 Å². The average molecular weight is 253 g/mol. The van der Waals surface area contributed by atoms with Gasteiger partial charge in [-0.05, 0) is 0 Å². The predicted octanol–water partition coefficient (Wildman–Crippen LogP) is -3.98. The summed E-state index contributed by atoms with van der Waals surface area (Å²) in [6, 6.07) is 0. The molecule has 4 nitrogen and oxygen atoms in total. The minimum Gasteiger partial charge on any atom is -1.00 e. The van der Waals surface area contributed by atoms with Crippen molar-refractivity contribution >= 4 is 18.4 Å². The smallest absolute Gasteiger partial charge is 0.351 e. The number of rotatable bonds is 0. The van der Waals surface area contributed by atoms with Crippen LogP contribution < -0.4 is 17.7 Å². The molecule has 0 radical (unpaired) electrons. The van der Waals surface area contributed by atoms with E-state index in [0.717, 1.165) is 13.1 Å². The van der Waals surface area contributed by atoms with Crippen LogP contribution in [-0.4, -0.2) is 72.7 Å². The molecule has 0 aromatic rings. The third-order valence-electron chi connectivity index (χ3n) is 3.25. The summed E-state index contributed by atoms with van der Waals surface area (Å²) in [7, 11) is 0. The summed E-state index contributed by atoms with van der Waals surface area (Å²) >= 11 is 0. The van der Waals surface area contributed by atoms with Crippen LogP contribution in [0.15, 0.2) is 0 Å². The zero-order chi connectivity index (χ0) is 8.67. The Balaban J connectivity index is 0.000000562. The van der Waals surface area contributed by atoms with Crippen LogP contribution in [0.25, 0.3) is 0 Å². The van der Waals surface area contributed by atoms with Gasteiger partial charge in [0.15, 0.2) is 0 Å². The van der Waals surface area contributed by atoms with Crippen molar-refractivity contribution in [2.75, 3.05) is 52.4 Å². The van der Waals surface area contributed by atoms with E-state index in [1.165, 1.54) is 45.2 Å². The molecule has 1 N–H and O–H groups in total. The highest BCUT2D eigenvalue weighted by Crippen LogP contribution is 2.13. The van der Waals surface area contributed by atoms with Crippen molar-refractivity contribution in [2.24, 2.45) is 0 Å². The van der Waals surface area contributed by atoms with Crippen LogP contribution in [0.4, 0.5) is 0 Å². The Morgan fingerprint density at radius 3 is 2.47 bits per heavy atom. The Kier molecular flexibility index (Phi) is 4.49. The molecule has 0 atom stereocenters. The molecule has 0 saturated carbocycles. The van der Waals surface area contributed by atoms with Crippen LogP contribution in [0.5, 0.6) is 0 Å². The van der Waals surface area contributed by atoms with E-state index >= 15 is 0 Å². The molecule has 0 unspecified atom stereocenters. The Bertz CT molecular complexity index is 256. The maximum absolute atomic E-state index is 3.47. The van der Waals surface area contributed by atoms with Gasteiger partial charge in [0.05, 0.1) is 39.3 Å². The molecule has 0 bridgehead atoms. The predicted molar refractivity (Wildman–Crippen MR) is 58.3 cm³/mol. The zero-order valence-corrected chi connectivity index (χ0v) is 10.4. The topological polar surface area (TPSA) is 21.5 Å². The fraction of sp³-hybridized carbons (Fsp3) is 0.889. The Labute approximate surface area is 103 Å². The molecular formula is C9H18Cl2N4. The van der Waals surface area contributed by atoms with Gasteiger partial charge in [-0.15, -0.1) is 12.4 Å². The Morgan fingerprint density at radius 1 is 0.933 bits per heavy atom. The highest BCUT2D eigenvalue weighted by atomic mass is 35.5. The van der Waals surface area contributed by atoms with Gasteiger partial charge >= 0.3 is 5.96 Å². The summed E-state index contributed by atoms with van der Waals surface area (Å²) < 4.78 is 2.53. The number of nitrogens with one attached hydrogen (secondary N) is 1. The summed E-state index contributed by atoms with van der Waals surface area (Å²) in [5, 5.41) is 3.47. The lowest BCUT2D eigenvalue weighted by molar-refractivity contribution is -0.521. The number of nitrogens with zero attached hydrogens (tertiary/aromatic N) is 3. The fourth-order valence-electron chi connectivity index (χ4n) is 2.57. The van der Waals surface area contributed by atoms with Crippen molar-refractivity contribution in [3.05, 3.63) is 0 Å². The maximum atomic E-state index is 3.47. The normalized spacial score (nSPS) is 24.0. The molecule has 0 amide bonds. The van der Waals surface area contributed by atoms with Gasteiger partial charge in [0.2, 0.25) is 0 Å². The molecule has 88 valence electrons. The quantitative estimate of drug-likeness (QED) is 0.445. The molecule has 3 aliphatic heterocycles. The number of halogens is 2. The van der Waals surface area contributed by atoms with Gasteiger partial charge < -0.3 is 17.7 Å². The highest BCUT2D eigenvalue weighted by molar-refractivity contribution is 5.85. The SMILES string of the molecule is C1CN2CCN3CC[N+](=C23)CCN1.Cl.[Cl-]. The van der Waals surface area contributed by atoms with E-state index < -0.39 is 0 Å². The van der Waals surface area contributed by atoms with Gasteiger partial charge in [-0.1, -0.05) is 0 Å². The molecule has 6 heteroatoms. The van der Waals surface area contributed by atoms with Crippen molar-refractivity contribution < 1.29 is 17.0 Å². The fourth-order valence-corrected chi connectivity index (χ4v) is 2.57. The molecule has 1 saturated heterocycles. The van der Waals surface area contributed by atoms with Crippen molar-refractivity contribution in [3.8, 4) is 0 Å². The first kappa shape index (κ1) is 12.9. The lowest BCUT2D eigenvalue weighted by atomic mass is 10.4. The van der Waals surface area contributed by atoms with Crippen molar-refractivity contribution in [1.29, 1.82) is 0 Å². The van der Waals surface area contributed by atoms with Gasteiger partial charge in [-0.25, -0.2) is 0 Å². The Morgan fingerprint density at radius 2 is 1.67 bits per heavy atom. The third kappa shape index (κ3) is 2.17. The standard InChI is InChI=1S/C9H17N4.2ClH/c1-3-11-5-7-13-8-6-12(9(11)13)4-2-10-1;;/h10H,1-8H2;2*1H/q+1;;/p-1. The van der Waals surface area contributed by atoms with Crippen LogP contribution in [0.3, 0.4) is 0 Å². The van der Waals surface area contributed by atoms with Crippen molar-refractivity contribution in [1.82, 2.24) is 15.1 Å². The van der Waals surface area contributed by atoms with Crippen LogP contribution >= 0.6 is 12.4 Å². The molecule has 3 aliphatic rings. The molecule has 3 heterocycles. The average Bonchev–Trinajstić information content (AvgIpc) is 2.60. The van der Waals surface area contributed by atoms with E-state index in [0.29, 0.717) is 0 Å². The summed E-state index contributed by atoms with van der Waals surface area (Å²) in [5.41, 5.74) is 0. The van der Waals surface area contributed by atoms with Crippen LogP contribution in [0, 0.1) is 0 Å². The monoisotopic (exact) mass is 252 g/mol. The zero-order valence-electron chi connectivity index (χ0n) is 8.78. The Hall–Kier alpha value is -0.190. The van der Waals surface area contributed by atoms with Crippen molar-refractivity contribution in [3.63, 3.8) is 0 Å². The second-order valence-electron chi connectivity index (χ2n) is 4.01. The van der Waals surface area contributed by atoms with E-state index in [1.54, 1.807) is 0 Å². The summed E-state index contributed by atoms with van der Waals surface area (Å²) in [4.78, 5) is 5.06. The molecule has 0 aliphatic carbocycles. The van der Waals surface area contributed by atoms with Crippen LogP contribution in [0.1, 0.15) is 0 Å². The lowest BCUT2D eigenvalue weighted by Crippen LogP contribution is -3.00. The first-order valence-corrected chi connectivity index (χ1v) is 5.28. The summed E-state index contributed by atoms with van der Waals surface area (Å²) in [6.07, 6.45) is 0. The van der Waals surface area contributed by atoms with E-state index in [4.69, 9.17) is 0 Å². The number of hydrogen-bond donors (Lipinski definition) is 1. The molecule has 3 rings (SSSR count). The number of guanidine groups is 1. The van der Waals surface area contributed by atoms with E-state index in [-0.39, 0.29) is 24.8 Å². The molecular weight excluding hydrogens is 235 g/mol. The second-order valence-corrected chi connectivity index (χ2v) is 4.01. The van der Waals surface area contributed by atoms with Gasteiger partial charge in [0, 0.05) is 13.1 Å². The first-order valence-electron chi connectivity index (χ1n) is 5.28. The van der Waals surface area contributed by atoms with E-state index in [2.05, 4.69) is 19.7 Å². The summed E-state index contributed by atoms with van der Waals surface area (Å²) in [5.74, 6) is 1.52. The molecule has 0 aromatic heterocycles. The first-order chi connectivity index (χ1) is 6.45. The van der Waals surface area contributed by atoms with Gasteiger partial charge in [-0.2, -0.15) is 0 Å². The van der Waals surface area contributed by atoms with Crippen LogP contribution in [-0.2, 0) is 0 Å². The summed E-state index contributed by atoms with van der Waals surface area (Å²) in [6.45, 7) is 9.60. The second kappa shape index (κ2) is 5.23. The van der Waals surface area contributed by atoms with Crippen molar-refractivity contribution in [2.45, 2.75) is 0 Å². The largest absolute Gasteiger partial charge is 1.00 e.